The van der Waals surface area contributed by atoms with Crippen LogP contribution in [0.1, 0.15) is 28.7 Å². The van der Waals surface area contributed by atoms with Crippen molar-refractivity contribution >= 4 is 12.0 Å². The molecule has 1 saturated heterocycles. The molecule has 1 aromatic heterocycles. The van der Waals surface area contributed by atoms with Gasteiger partial charge in [0.05, 0.1) is 12.3 Å². The van der Waals surface area contributed by atoms with Gasteiger partial charge in [-0.25, -0.2) is 4.79 Å². The second-order valence-electron chi connectivity index (χ2n) is 4.68. The Bertz CT molecular complexity index is 484. The largest absolute Gasteiger partial charge is 0.450 e. The molecule has 0 bridgehead atoms. The third-order valence-electron chi connectivity index (χ3n) is 3.34. The van der Waals surface area contributed by atoms with Crippen molar-refractivity contribution < 1.29 is 18.8 Å². The van der Waals surface area contributed by atoms with E-state index in [1.54, 1.807) is 30.6 Å². The predicted octanol–water partition coefficient (Wildman–Crippen LogP) is 1.21. The van der Waals surface area contributed by atoms with Crippen LogP contribution in [0.2, 0.25) is 0 Å². The third kappa shape index (κ3) is 2.76. The van der Waals surface area contributed by atoms with Gasteiger partial charge in [0.25, 0.3) is 5.91 Å². The fraction of sp³-hybridized carbons (Fsp3) is 0.615. The van der Waals surface area contributed by atoms with Crippen molar-refractivity contribution in [2.75, 3.05) is 32.8 Å². The van der Waals surface area contributed by atoms with Crippen LogP contribution in [0, 0.1) is 13.8 Å². The van der Waals surface area contributed by atoms with Crippen LogP contribution < -0.4 is 0 Å². The van der Waals surface area contributed by atoms with Gasteiger partial charge in [-0.3, -0.25) is 4.79 Å². The molecular weight excluding hydrogens is 262 g/mol. The molecule has 0 N–H and O–H groups in total. The molecule has 7 nitrogen and oxygen atoms in total. The van der Waals surface area contributed by atoms with Crippen molar-refractivity contribution in [3.8, 4) is 0 Å². The lowest BCUT2D eigenvalue weighted by atomic mass is 10.1. The highest BCUT2D eigenvalue weighted by Gasteiger charge is 2.28. The molecule has 1 aromatic rings. The minimum atomic E-state index is -0.322. The van der Waals surface area contributed by atoms with Crippen LogP contribution in [0.5, 0.6) is 0 Å². The Hall–Kier alpha value is -2.05. The van der Waals surface area contributed by atoms with Gasteiger partial charge in [-0.05, 0) is 20.8 Å². The molecule has 7 heteroatoms. The highest BCUT2D eigenvalue weighted by Crippen LogP contribution is 2.16. The summed E-state index contributed by atoms with van der Waals surface area (Å²) in [5.74, 6) is 0.435. The minimum Gasteiger partial charge on any atom is -0.450 e. The summed E-state index contributed by atoms with van der Waals surface area (Å²) in [5, 5.41) is 3.79. The van der Waals surface area contributed by atoms with Crippen LogP contribution in [-0.2, 0) is 4.74 Å². The summed E-state index contributed by atoms with van der Waals surface area (Å²) in [7, 11) is 0. The monoisotopic (exact) mass is 281 g/mol. The predicted molar refractivity (Wildman–Crippen MR) is 70.5 cm³/mol. The van der Waals surface area contributed by atoms with Crippen LogP contribution in [0.4, 0.5) is 4.79 Å². The van der Waals surface area contributed by atoms with E-state index >= 15 is 0 Å². The molecule has 2 heterocycles. The number of aromatic nitrogens is 1. The number of piperazine rings is 1. The molecule has 20 heavy (non-hydrogen) atoms. The summed E-state index contributed by atoms with van der Waals surface area (Å²) >= 11 is 0. The lowest BCUT2D eigenvalue weighted by Crippen LogP contribution is -2.50. The summed E-state index contributed by atoms with van der Waals surface area (Å²) in [5.41, 5.74) is 1.12. The average molecular weight is 281 g/mol. The number of amides is 2. The molecule has 0 aromatic carbocycles. The third-order valence-corrected chi connectivity index (χ3v) is 3.34. The number of ether oxygens (including phenoxy) is 1. The summed E-state index contributed by atoms with van der Waals surface area (Å²) < 4.78 is 9.96. The van der Waals surface area contributed by atoms with Crippen LogP contribution in [0.25, 0.3) is 0 Å². The normalized spacial score (nSPS) is 15.3. The van der Waals surface area contributed by atoms with Crippen molar-refractivity contribution in [2.24, 2.45) is 0 Å². The molecule has 0 spiro atoms. The maximum Gasteiger partial charge on any atom is 0.409 e. The van der Waals surface area contributed by atoms with E-state index in [0.717, 1.165) is 0 Å². The maximum atomic E-state index is 12.4. The van der Waals surface area contributed by atoms with Crippen LogP contribution in [0.15, 0.2) is 4.52 Å². The van der Waals surface area contributed by atoms with Gasteiger partial charge in [0.2, 0.25) is 0 Å². The van der Waals surface area contributed by atoms with Gasteiger partial charge in [0.15, 0.2) is 0 Å². The molecule has 0 aliphatic carbocycles. The number of carbonyl (C=O) groups is 2. The number of rotatable bonds is 2. The average Bonchev–Trinajstić information content (AvgIpc) is 2.78. The van der Waals surface area contributed by atoms with Gasteiger partial charge in [-0.15, -0.1) is 0 Å². The van der Waals surface area contributed by atoms with Crippen molar-refractivity contribution in [3.05, 3.63) is 17.0 Å². The zero-order valence-corrected chi connectivity index (χ0v) is 12.0. The van der Waals surface area contributed by atoms with E-state index in [-0.39, 0.29) is 12.0 Å². The van der Waals surface area contributed by atoms with E-state index in [1.807, 2.05) is 0 Å². The van der Waals surface area contributed by atoms with Crippen LogP contribution in [-0.4, -0.2) is 59.7 Å². The van der Waals surface area contributed by atoms with Crippen LogP contribution in [0.3, 0.4) is 0 Å². The first kappa shape index (κ1) is 14.4. The lowest BCUT2D eigenvalue weighted by Gasteiger charge is -2.34. The fourth-order valence-electron chi connectivity index (χ4n) is 2.25. The number of carbonyl (C=O) groups excluding carboxylic acids is 2. The Morgan fingerprint density at radius 3 is 2.30 bits per heavy atom. The van der Waals surface area contributed by atoms with E-state index in [2.05, 4.69) is 5.16 Å². The Kier molecular flexibility index (Phi) is 4.26. The first-order chi connectivity index (χ1) is 9.54. The molecule has 0 saturated carbocycles. The molecule has 1 fully saturated rings. The molecule has 2 amide bonds. The summed E-state index contributed by atoms with van der Waals surface area (Å²) in [6.45, 7) is 7.54. The minimum absolute atomic E-state index is 0.0928. The first-order valence-electron chi connectivity index (χ1n) is 6.68. The lowest BCUT2D eigenvalue weighted by molar-refractivity contribution is 0.0568. The summed E-state index contributed by atoms with van der Waals surface area (Å²) in [6, 6.07) is 0. The molecule has 1 aliphatic rings. The number of aryl methyl sites for hydroxylation is 2. The Morgan fingerprint density at radius 1 is 1.20 bits per heavy atom. The standard InChI is InChI=1S/C13H19N3O4/c1-4-19-13(18)16-7-5-15(6-8-16)12(17)11-9(2)14-20-10(11)3/h4-8H2,1-3H3. The van der Waals surface area contributed by atoms with E-state index < -0.39 is 0 Å². The maximum absolute atomic E-state index is 12.4. The van der Waals surface area contributed by atoms with Crippen molar-refractivity contribution in [1.29, 1.82) is 0 Å². The van der Waals surface area contributed by atoms with E-state index in [4.69, 9.17) is 9.26 Å². The number of hydrogen-bond donors (Lipinski definition) is 0. The second kappa shape index (κ2) is 5.94. The van der Waals surface area contributed by atoms with Gasteiger partial charge in [0.1, 0.15) is 11.3 Å². The van der Waals surface area contributed by atoms with Gasteiger partial charge in [-0.1, -0.05) is 5.16 Å². The van der Waals surface area contributed by atoms with E-state index in [9.17, 15) is 9.59 Å². The SMILES string of the molecule is CCOC(=O)N1CCN(C(=O)c2c(C)noc2C)CC1. The zero-order valence-electron chi connectivity index (χ0n) is 12.0. The summed E-state index contributed by atoms with van der Waals surface area (Å²) in [4.78, 5) is 27.3. The van der Waals surface area contributed by atoms with Gasteiger partial charge < -0.3 is 19.1 Å². The second-order valence-corrected chi connectivity index (χ2v) is 4.68. The summed E-state index contributed by atoms with van der Waals surface area (Å²) in [6.07, 6.45) is -0.322. The first-order valence-corrected chi connectivity index (χ1v) is 6.68. The highest BCUT2D eigenvalue weighted by atomic mass is 16.6. The number of nitrogens with zero attached hydrogens (tertiary/aromatic N) is 3. The van der Waals surface area contributed by atoms with Crippen molar-refractivity contribution in [2.45, 2.75) is 20.8 Å². The van der Waals surface area contributed by atoms with Gasteiger partial charge in [0, 0.05) is 26.2 Å². The molecule has 0 radical (unpaired) electrons. The molecule has 110 valence electrons. The van der Waals surface area contributed by atoms with Gasteiger partial charge in [-0.2, -0.15) is 0 Å². The molecule has 2 rings (SSSR count). The highest BCUT2D eigenvalue weighted by molar-refractivity contribution is 5.96. The molecule has 0 atom stereocenters. The smallest absolute Gasteiger partial charge is 0.409 e. The van der Waals surface area contributed by atoms with Crippen molar-refractivity contribution in [1.82, 2.24) is 15.0 Å². The van der Waals surface area contributed by atoms with Crippen molar-refractivity contribution in [3.63, 3.8) is 0 Å². The van der Waals surface area contributed by atoms with Crippen LogP contribution >= 0.6 is 0 Å². The Morgan fingerprint density at radius 2 is 1.80 bits per heavy atom. The van der Waals surface area contributed by atoms with E-state index in [1.165, 1.54) is 0 Å². The Balaban J connectivity index is 1.97. The molecular formula is C13H19N3O4. The Labute approximate surface area is 117 Å². The van der Waals surface area contributed by atoms with E-state index in [0.29, 0.717) is 49.8 Å². The fourth-order valence-corrected chi connectivity index (χ4v) is 2.25. The molecule has 1 aliphatic heterocycles. The molecule has 0 unspecified atom stereocenters. The number of hydrogen-bond acceptors (Lipinski definition) is 5. The quantitative estimate of drug-likeness (QED) is 0.814. The zero-order chi connectivity index (χ0) is 14.7. The van der Waals surface area contributed by atoms with Gasteiger partial charge >= 0.3 is 6.09 Å². The topological polar surface area (TPSA) is 75.9 Å².